The third kappa shape index (κ3) is 6.68. The zero-order valence-electron chi connectivity index (χ0n) is 21.4. The van der Waals surface area contributed by atoms with E-state index in [0.29, 0.717) is 22.8 Å². The van der Waals surface area contributed by atoms with E-state index in [9.17, 15) is 14.7 Å². The summed E-state index contributed by atoms with van der Waals surface area (Å²) in [4.78, 5) is 32.8. The summed E-state index contributed by atoms with van der Waals surface area (Å²) in [7, 11) is 3.00. The first-order chi connectivity index (χ1) is 18.5. The molecule has 1 unspecified atom stereocenters. The van der Waals surface area contributed by atoms with E-state index in [1.807, 2.05) is 42.5 Å². The van der Waals surface area contributed by atoms with Crippen LogP contribution in [0.25, 0.3) is 11.1 Å². The van der Waals surface area contributed by atoms with Crippen molar-refractivity contribution in [2.45, 2.75) is 18.6 Å². The zero-order chi connectivity index (χ0) is 26.9. The van der Waals surface area contributed by atoms with E-state index in [1.54, 1.807) is 43.5 Å². The highest BCUT2D eigenvalue weighted by Gasteiger charge is 2.38. The summed E-state index contributed by atoms with van der Waals surface area (Å²) in [6, 6.07) is 23.3. The molecule has 2 amide bonds. The Kier molecular flexibility index (Phi) is 8.94. The fourth-order valence-corrected chi connectivity index (χ4v) is 4.21. The molecule has 0 radical (unpaired) electrons. The Morgan fingerprint density at radius 1 is 0.974 bits per heavy atom. The Hall–Kier alpha value is -4.37. The first-order valence-electron chi connectivity index (χ1n) is 12.3. The van der Waals surface area contributed by atoms with E-state index in [1.165, 1.54) is 12.0 Å². The van der Waals surface area contributed by atoms with Crippen molar-refractivity contribution < 1.29 is 29.0 Å². The molecule has 1 aliphatic heterocycles. The molecule has 198 valence electrons. The lowest BCUT2D eigenvalue weighted by Gasteiger charge is -2.24. The van der Waals surface area contributed by atoms with Crippen molar-refractivity contribution in [3.05, 3.63) is 84.4 Å². The third-order valence-corrected chi connectivity index (χ3v) is 6.19. The van der Waals surface area contributed by atoms with Crippen LogP contribution in [-0.4, -0.2) is 73.6 Å². The highest BCUT2D eigenvalue weighted by atomic mass is 16.6. The summed E-state index contributed by atoms with van der Waals surface area (Å²) >= 11 is 0. The van der Waals surface area contributed by atoms with Gasteiger partial charge in [-0.05, 0) is 47.5 Å². The maximum absolute atomic E-state index is 13.4. The quantitative estimate of drug-likeness (QED) is 0.400. The molecule has 0 aromatic heterocycles. The molecule has 1 aliphatic rings. The number of benzene rings is 3. The van der Waals surface area contributed by atoms with Crippen LogP contribution in [0.2, 0.25) is 0 Å². The van der Waals surface area contributed by atoms with Crippen LogP contribution in [0.1, 0.15) is 16.8 Å². The number of amides is 2. The van der Waals surface area contributed by atoms with E-state index in [4.69, 9.17) is 14.3 Å². The number of carbonyl (C=O) groups is 2. The Morgan fingerprint density at radius 3 is 2.29 bits per heavy atom. The zero-order valence-corrected chi connectivity index (χ0v) is 21.4. The van der Waals surface area contributed by atoms with Gasteiger partial charge in [-0.25, -0.2) is 0 Å². The predicted octanol–water partition coefficient (Wildman–Crippen LogP) is 3.14. The van der Waals surface area contributed by atoms with Gasteiger partial charge in [-0.2, -0.15) is 0 Å². The first-order valence-corrected chi connectivity index (χ1v) is 12.3. The maximum atomic E-state index is 13.4. The SMILES string of the molecule is CON=C1C[C@@H](C(=O)NCC(O)COc2ccc(OC)cc2)N(C(=O)c2ccc(-c3ccccc3)cc2)C1. The monoisotopic (exact) mass is 517 g/mol. The molecule has 38 heavy (non-hydrogen) atoms. The van der Waals surface area contributed by atoms with E-state index in [0.717, 1.165) is 11.1 Å². The molecule has 1 fully saturated rings. The van der Waals surface area contributed by atoms with Gasteiger partial charge in [-0.3, -0.25) is 9.59 Å². The van der Waals surface area contributed by atoms with Crippen molar-refractivity contribution in [1.82, 2.24) is 10.2 Å². The van der Waals surface area contributed by atoms with Gasteiger partial charge in [-0.15, -0.1) is 0 Å². The van der Waals surface area contributed by atoms with Gasteiger partial charge in [0.1, 0.15) is 37.4 Å². The topological polar surface area (TPSA) is 110 Å². The molecule has 0 saturated carbocycles. The number of likely N-dealkylation sites (tertiary alicyclic amines) is 1. The highest BCUT2D eigenvalue weighted by molar-refractivity contribution is 6.05. The van der Waals surface area contributed by atoms with Crippen molar-refractivity contribution in [2.24, 2.45) is 5.16 Å². The molecular weight excluding hydrogens is 486 g/mol. The van der Waals surface area contributed by atoms with E-state index >= 15 is 0 Å². The lowest BCUT2D eigenvalue weighted by molar-refractivity contribution is -0.125. The van der Waals surface area contributed by atoms with E-state index in [2.05, 4.69) is 10.5 Å². The summed E-state index contributed by atoms with van der Waals surface area (Å²) < 4.78 is 10.7. The minimum absolute atomic E-state index is 0.00985. The van der Waals surface area contributed by atoms with Gasteiger partial charge in [0.2, 0.25) is 5.91 Å². The number of methoxy groups -OCH3 is 1. The molecule has 2 atom stereocenters. The molecule has 0 aliphatic carbocycles. The standard InChI is InChI=1S/C29H31N3O6/c1-36-25-12-14-26(15-13-25)38-19-24(33)17-30-28(34)27-16-23(31-37-2)18-32(27)29(35)22-10-8-21(9-11-22)20-6-4-3-5-7-20/h3-15,24,27,33H,16-19H2,1-2H3,(H,30,34)/t24?,27-/m0/s1. The van der Waals surface area contributed by atoms with Gasteiger partial charge in [-0.1, -0.05) is 47.6 Å². The van der Waals surface area contributed by atoms with Crippen LogP contribution in [0, 0.1) is 0 Å². The van der Waals surface area contributed by atoms with Crippen LogP contribution in [0.15, 0.2) is 84.0 Å². The Labute approximate surface area is 221 Å². The van der Waals surface area contributed by atoms with Gasteiger partial charge in [0.05, 0.1) is 19.4 Å². The molecule has 0 bridgehead atoms. The second-order valence-corrected chi connectivity index (χ2v) is 8.82. The number of aliphatic hydroxyl groups is 1. The Bertz CT molecular complexity index is 1250. The molecule has 9 heteroatoms. The van der Waals surface area contributed by atoms with Crippen molar-refractivity contribution in [1.29, 1.82) is 0 Å². The van der Waals surface area contributed by atoms with Gasteiger partial charge in [0.25, 0.3) is 5.91 Å². The van der Waals surface area contributed by atoms with Crippen molar-refractivity contribution >= 4 is 17.5 Å². The molecule has 2 N–H and O–H groups in total. The highest BCUT2D eigenvalue weighted by Crippen LogP contribution is 2.23. The van der Waals surface area contributed by atoms with Crippen LogP contribution >= 0.6 is 0 Å². The molecular formula is C29H31N3O6. The number of carbonyl (C=O) groups excluding carboxylic acids is 2. The number of hydrogen-bond donors (Lipinski definition) is 2. The summed E-state index contributed by atoms with van der Waals surface area (Å²) in [5.74, 6) is 0.602. The minimum atomic E-state index is -0.941. The number of nitrogens with one attached hydrogen (secondary N) is 1. The smallest absolute Gasteiger partial charge is 0.254 e. The second kappa shape index (κ2) is 12.7. The first kappa shape index (κ1) is 26.7. The number of oxime groups is 1. The van der Waals surface area contributed by atoms with Crippen molar-refractivity contribution in [3.8, 4) is 22.6 Å². The normalized spacial score (nSPS) is 16.7. The fraction of sp³-hybridized carbons (Fsp3) is 0.276. The molecule has 4 rings (SSSR count). The van der Waals surface area contributed by atoms with Crippen LogP contribution in [0.5, 0.6) is 11.5 Å². The number of hydrogen-bond acceptors (Lipinski definition) is 7. The summed E-state index contributed by atoms with van der Waals surface area (Å²) in [6.45, 7) is 0.133. The molecule has 1 saturated heterocycles. The predicted molar refractivity (Wildman–Crippen MR) is 143 cm³/mol. The van der Waals surface area contributed by atoms with Crippen LogP contribution in [0.3, 0.4) is 0 Å². The van der Waals surface area contributed by atoms with E-state index < -0.39 is 12.1 Å². The third-order valence-electron chi connectivity index (χ3n) is 6.19. The lowest BCUT2D eigenvalue weighted by Crippen LogP contribution is -2.48. The maximum Gasteiger partial charge on any atom is 0.254 e. The van der Waals surface area contributed by atoms with Gasteiger partial charge < -0.3 is 29.6 Å². The Morgan fingerprint density at radius 2 is 1.63 bits per heavy atom. The van der Waals surface area contributed by atoms with Crippen molar-refractivity contribution in [3.63, 3.8) is 0 Å². The second-order valence-electron chi connectivity index (χ2n) is 8.82. The number of nitrogens with zero attached hydrogens (tertiary/aromatic N) is 2. The largest absolute Gasteiger partial charge is 0.497 e. The average molecular weight is 518 g/mol. The summed E-state index contributed by atoms with van der Waals surface area (Å²) in [5, 5.41) is 17.0. The molecule has 1 heterocycles. The van der Waals surface area contributed by atoms with Crippen LogP contribution < -0.4 is 14.8 Å². The average Bonchev–Trinajstić information content (AvgIpc) is 3.39. The van der Waals surface area contributed by atoms with Gasteiger partial charge >= 0.3 is 0 Å². The molecule has 9 nitrogen and oxygen atoms in total. The Balaban J connectivity index is 1.37. The fourth-order valence-electron chi connectivity index (χ4n) is 4.21. The number of ether oxygens (including phenoxy) is 2. The van der Waals surface area contributed by atoms with Crippen LogP contribution in [0.4, 0.5) is 0 Å². The van der Waals surface area contributed by atoms with E-state index in [-0.39, 0.29) is 37.9 Å². The van der Waals surface area contributed by atoms with Gasteiger partial charge in [0.15, 0.2) is 0 Å². The number of aliphatic hydroxyl groups excluding tert-OH is 1. The van der Waals surface area contributed by atoms with Crippen LogP contribution in [-0.2, 0) is 9.63 Å². The molecule has 3 aromatic rings. The van der Waals surface area contributed by atoms with Gasteiger partial charge in [0, 0.05) is 18.5 Å². The number of rotatable bonds is 10. The molecule has 0 spiro atoms. The van der Waals surface area contributed by atoms with Crippen molar-refractivity contribution in [2.75, 3.05) is 33.9 Å². The lowest BCUT2D eigenvalue weighted by atomic mass is 10.0. The summed E-state index contributed by atoms with van der Waals surface area (Å²) in [6.07, 6.45) is -0.698. The summed E-state index contributed by atoms with van der Waals surface area (Å²) in [5.41, 5.74) is 3.10. The minimum Gasteiger partial charge on any atom is -0.497 e. The molecule has 3 aromatic carbocycles.